The molecule has 2 aromatic carbocycles. The smallest absolute Gasteiger partial charge is 0.407 e. The SMILES string of the molecule is O=C(O)C[C@H]1CCCCN1C(=O)C(NC(=O)OCC1c2ccccc2-c2ccccc21)C1CC1. The molecule has 0 spiro atoms. The number of alkyl carbamates (subject to hydrolysis) is 1. The van der Waals surface area contributed by atoms with Crippen LogP contribution < -0.4 is 5.32 Å². The lowest BCUT2D eigenvalue weighted by atomic mass is 9.97. The minimum absolute atomic E-state index is 0.0460. The van der Waals surface area contributed by atoms with Crippen LogP contribution in [0.5, 0.6) is 0 Å². The average molecular weight is 463 g/mol. The molecule has 1 saturated heterocycles. The molecule has 34 heavy (non-hydrogen) atoms. The molecule has 0 radical (unpaired) electrons. The second-order valence-electron chi connectivity index (χ2n) is 9.56. The van der Waals surface area contributed by atoms with Gasteiger partial charge in [-0.05, 0) is 60.3 Å². The number of carboxylic acids is 1. The topological polar surface area (TPSA) is 95.9 Å². The van der Waals surface area contributed by atoms with Crippen LogP contribution in [0.4, 0.5) is 4.79 Å². The number of nitrogens with zero attached hydrogens (tertiary/aromatic N) is 1. The first-order valence-electron chi connectivity index (χ1n) is 12.2. The van der Waals surface area contributed by atoms with Gasteiger partial charge in [-0.3, -0.25) is 9.59 Å². The molecular weight excluding hydrogens is 432 g/mol. The molecule has 7 nitrogen and oxygen atoms in total. The van der Waals surface area contributed by atoms with Crippen LogP contribution in [0.3, 0.4) is 0 Å². The van der Waals surface area contributed by atoms with E-state index in [1.807, 2.05) is 24.3 Å². The maximum Gasteiger partial charge on any atom is 0.407 e. The molecule has 2 atom stereocenters. The van der Waals surface area contributed by atoms with Crippen molar-refractivity contribution < 1.29 is 24.2 Å². The fourth-order valence-corrected chi connectivity index (χ4v) is 5.46. The van der Waals surface area contributed by atoms with E-state index in [9.17, 15) is 19.5 Å². The number of hydrogen-bond acceptors (Lipinski definition) is 4. The molecule has 3 aliphatic rings. The van der Waals surface area contributed by atoms with Gasteiger partial charge >= 0.3 is 12.1 Å². The predicted octanol–water partition coefficient (Wildman–Crippen LogP) is 4.16. The maximum atomic E-state index is 13.4. The molecule has 0 aromatic heterocycles. The summed E-state index contributed by atoms with van der Waals surface area (Å²) >= 11 is 0. The third-order valence-corrected chi connectivity index (χ3v) is 7.30. The number of likely N-dealkylation sites (tertiary alicyclic amines) is 1. The van der Waals surface area contributed by atoms with Gasteiger partial charge in [0, 0.05) is 18.5 Å². The molecule has 2 aromatic rings. The number of fused-ring (bicyclic) bond motifs is 3. The maximum absolute atomic E-state index is 13.4. The van der Waals surface area contributed by atoms with Gasteiger partial charge < -0.3 is 20.1 Å². The van der Waals surface area contributed by atoms with Crippen molar-refractivity contribution in [1.82, 2.24) is 10.2 Å². The largest absolute Gasteiger partial charge is 0.481 e. The zero-order valence-corrected chi connectivity index (χ0v) is 19.1. The lowest BCUT2D eigenvalue weighted by Crippen LogP contribution is -2.54. The molecular formula is C27H30N2O5. The minimum atomic E-state index is -0.905. The highest BCUT2D eigenvalue weighted by Gasteiger charge is 2.42. The van der Waals surface area contributed by atoms with Crippen LogP contribution in [0.25, 0.3) is 11.1 Å². The average Bonchev–Trinajstić information content (AvgIpc) is 3.63. The molecule has 0 bridgehead atoms. The van der Waals surface area contributed by atoms with E-state index in [4.69, 9.17) is 4.74 Å². The van der Waals surface area contributed by atoms with Crippen molar-refractivity contribution in [1.29, 1.82) is 0 Å². The number of amides is 2. The summed E-state index contributed by atoms with van der Waals surface area (Å²) in [4.78, 5) is 39.1. The summed E-state index contributed by atoms with van der Waals surface area (Å²) in [5, 5.41) is 12.1. The number of nitrogens with one attached hydrogen (secondary N) is 1. The normalized spacial score (nSPS) is 20.2. The number of benzene rings is 2. The second kappa shape index (κ2) is 9.49. The number of carbonyl (C=O) groups is 3. The second-order valence-corrected chi connectivity index (χ2v) is 9.56. The minimum Gasteiger partial charge on any atom is -0.481 e. The summed E-state index contributed by atoms with van der Waals surface area (Å²) < 4.78 is 5.66. The summed E-state index contributed by atoms with van der Waals surface area (Å²) in [5.74, 6) is -1.05. The number of aliphatic carboxylic acids is 1. The molecule has 2 N–H and O–H groups in total. The molecule has 7 heteroatoms. The van der Waals surface area contributed by atoms with Gasteiger partial charge in [0.1, 0.15) is 12.6 Å². The Hall–Kier alpha value is -3.35. The van der Waals surface area contributed by atoms with Crippen molar-refractivity contribution in [3.05, 3.63) is 59.7 Å². The van der Waals surface area contributed by atoms with E-state index in [0.29, 0.717) is 13.0 Å². The number of rotatable bonds is 7. The molecule has 2 aliphatic carbocycles. The Kier molecular flexibility index (Phi) is 6.26. The van der Waals surface area contributed by atoms with Crippen LogP contribution in [0, 0.1) is 5.92 Å². The number of carboxylic acid groups (broad SMARTS) is 1. The number of hydrogen-bond donors (Lipinski definition) is 2. The highest BCUT2D eigenvalue weighted by atomic mass is 16.5. The van der Waals surface area contributed by atoms with Gasteiger partial charge in [-0.15, -0.1) is 0 Å². The van der Waals surface area contributed by atoms with E-state index in [1.165, 1.54) is 0 Å². The van der Waals surface area contributed by atoms with Gasteiger partial charge in [-0.25, -0.2) is 4.79 Å². The first-order valence-corrected chi connectivity index (χ1v) is 12.2. The summed E-state index contributed by atoms with van der Waals surface area (Å²) in [6, 6.07) is 15.3. The Labute approximate surface area is 199 Å². The molecule has 178 valence electrons. The Morgan fingerprint density at radius 1 is 0.971 bits per heavy atom. The molecule has 5 rings (SSSR count). The van der Waals surface area contributed by atoms with Crippen LogP contribution >= 0.6 is 0 Å². The van der Waals surface area contributed by atoms with Gasteiger partial charge in [-0.2, -0.15) is 0 Å². The van der Waals surface area contributed by atoms with Gasteiger partial charge in [0.05, 0.1) is 6.42 Å². The van der Waals surface area contributed by atoms with Gasteiger partial charge in [0.15, 0.2) is 0 Å². The number of ether oxygens (including phenoxy) is 1. The van der Waals surface area contributed by atoms with Crippen molar-refractivity contribution in [3.8, 4) is 11.1 Å². The standard InChI is InChI=1S/C27H30N2O5/c30-24(31)15-18-7-5-6-14-29(18)26(32)25(17-12-13-17)28-27(33)34-16-23-21-10-3-1-8-19(21)20-9-2-4-11-22(20)23/h1-4,8-11,17-18,23,25H,5-7,12-16H2,(H,28,33)(H,30,31)/t18-,25?/m1/s1. The van der Waals surface area contributed by atoms with Gasteiger partial charge in [0.2, 0.25) is 5.91 Å². The van der Waals surface area contributed by atoms with Crippen LogP contribution in [-0.4, -0.2) is 53.2 Å². The highest BCUT2D eigenvalue weighted by Crippen LogP contribution is 2.44. The van der Waals surface area contributed by atoms with Crippen molar-refractivity contribution >= 4 is 18.0 Å². The Balaban J connectivity index is 1.25. The molecule has 2 amide bonds. The first kappa shape index (κ1) is 22.4. The lowest BCUT2D eigenvalue weighted by molar-refractivity contribution is -0.143. The predicted molar refractivity (Wildman–Crippen MR) is 126 cm³/mol. The molecule has 2 fully saturated rings. The Bertz CT molecular complexity index is 1050. The van der Waals surface area contributed by atoms with Crippen molar-refractivity contribution in [2.24, 2.45) is 5.92 Å². The van der Waals surface area contributed by atoms with E-state index in [1.54, 1.807) is 4.90 Å². The Morgan fingerprint density at radius 2 is 1.62 bits per heavy atom. The van der Waals surface area contributed by atoms with Crippen LogP contribution in [0.15, 0.2) is 48.5 Å². The molecule has 1 heterocycles. The van der Waals surface area contributed by atoms with E-state index < -0.39 is 18.1 Å². The third-order valence-electron chi connectivity index (χ3n) is 7.30. The fourth-order valence-electron chi connectivity index (χ4n) is 5.46. The van der Waals surface area contributed by atoms with E-state index >= 15 is 0 Å². The highest BCUT2D eigenvalue weighted by molar-refractivity contribution is 5.87. The van der Waals surface area contributed by atoms with Crippen LogP contribution in [-0.2, 0) is 14.3 Å². The van der Waals surface area contributed by atoms with E-state index in [-0.39, 0.29) is 36.8 Å². The van der Waals surface area contributed by atoms with Gasteiger partial charge in [-0.1, -0.05) is 48.5 Å². The van der Waals surface area contributed by atoms with Crippen molar-refractivity contribution in [3.63, 3.8) is 0 Å². The summed E-state index contributed by atoms with van der Waals surface area (Å²) in [7, 11) is 0. The first-order chi connectivity index (χ1) is 16.5. The van der Waals surface area contributed by atoms with E-state index in [2.05, 4.69) is 29.6 Å². The quantitative estimate of drug-likeness (QED) is 0.644. The molecule has 1 saturated carbocycles. The fraction of sp³-hybridized carbons (Fsp3) is 0.444. The lowest BCUT2D eigenvalue weighted by Gasteiger charge is -2.37. The summed E-state index contributed by atoms with van der Waals surface area (Å²) in [6.45, 7) is 0.725. The monoisotopic (exact) mass is 462 g/mol. The molecule has 1 aliphatic heterocycles. The number of piperidine rings is 1. The van der Waals surface area contributed by atoms with Crippen LogP contribution in [0.2, 0.25) is 0 Å². The third kappa shape index (κ3) is 4.52. The van der Waals surface area contributed by atoms with Crippen molar-refractivity contribution in [2.45, 2.75) is 56.5 Å². The van der Waals surface area contributed by atoms with Crippen LogP contribution in [0.1, 0.15) is 55.6 Å². The number of carbonyl (C=O) groups excluding carboxylic acids is 2. The molecule has 1 unspecified atom stereocenters. The van der Waals surface area contributed by atoms with Crippen molar-refractivity contribution in [2.75, 3.05) is 13.2 Å². The summed E-state index contributed by atoms with van der Waals surface area (Å²) in [6.07, 6.45) is 3.53. The Morgan fingerprint density at radius 3 is 2.24 bits per heavy atom. The summed E-state index contributed by atoms with van der Waals surface area (Å²) in [5.41, 5.74) is 4.59. The zero-order valence-electron chi connectivity index (χ0n) is 19.1. The van der Waals surface area contributed by atoms with Gasteiger partial charge in [0.25, 0.3) is 0 Å². The zero-order chi connectivity index (χ0) is 23.7. The van der Waals surface area contributed by atoms with E-state index in [0.717, 1.165) is 47.9 Å².